The maximum absolute atomic E-state index is 13.4. The molecule has 0 bridgehead atoms. The van der Waals surface area contributed by atoms with E-state index in [1.54, 1.807) is 6.07 Å². The van der Waals surface area contributed by atoms with Crippen LogP contribution < -0.4 is 5.32 Å². The van der Waals surface area contributed by atoms with Gasteiger partial charge >= 0.3 is 0 Å². The molecule has 2 rings (SSSR count). The lowest BCUT2D eigenvalue weighted by atomic mass is 9.88. The first-order valence-corrected chi connectivity index (χ1v) is 7.12. The van der Waals surface area contributed by atoms with Gasteiger partial charge in [0.25, 0.3) is 0 Å². The molecular formula is C14H20FNS. The summed E-state index contributed by atoms with van der Waals surface area (Å²) in [6.07, 6.45) is 2.45. The first-order chi connectivity index (χ1) is 8.07. The quantitative estimate of drug-likeness (QED) is 0.882. The van der Waals surface area contributed by atoms with Crippen molar-refractivity contribution in [1.29, 1.82) is 0 Å². The van der Waals surface area contributed by atoms with Gasteiger partial charge in [-0.25, -0.2) is 4.39 Å². The van der Waals surface area contributed by atoms with Crippen molar-refractivity contribution in [3.63, 3.8) is 0 Å². The van der Waals surface area contributed by atoms with Crippen molar-refractivity contribution in [3.8, 4) is 0 Å². The van der Waals surface area contributed by atoms with Crippen LogP contribution in [0.1, 0.15) is 36.9 Å². The van der Waals surface area contributed by atoms with Crippen LogP contribution in [0.2, 0.25) is 0 Å². The predicted octanol–water partition coefficient (Wildman–Crippen LogP) is 3.68. The zero-order valence-corrected chi connectivity index (χ0v) is 11.5. The molecule has 0 aromatic heterocycles. The second-order valence-electron chi connectivity index (χ2n) is 4.99. The van der Waals surface area contributed by atoms with E-state index < -0.39 is 0 Å². The topological polar surface area (TPSA) is 12.0 Å². The summed E-state index contributed by atoms with van der Waals surface area (Å²) in [7, 11) is 1.97. The van der Waals surface area contributed by atoms with Crippen molar-refractivity contribution < 1.29 is 4.39 Å². The molecule has 1 nitrogen and oxygen atoms in total. The van der Waals surface area contributed by atoms with Crippen molar-refractivity contribution in [1.82, 2.24) is 5.32 Å². The summed E-state index contributed by atoms with van der Waals surface area (Å²) in [6, 6.07) is 5.32. The lowest BCUT2D eigenvalue weighted by molar-refractivity contribution is 0.437. The average Bonchev–Trinajstić information content (AvgIpc) is 2.72. The van der Waals surface area contributed by atoms with E-state index in [-0.39, 0.29) is 16.6 Å². The van der Waals surface area contributed by atoms with Crippen LogP contribution in [0.15, 0.2) is 18.2 Å². The molecule has 1 saturated heterocycles. The van der Waals surface area contributed by atoms with E-state index >= 15 is 0 Å². The monoisotopic (exact) mass is 253 g/mol. The Kier molecular flexibility index (Phi) is 3.79. The molecule has 0 aliphatic carbocycles. The van der Waals surface area contributed by atoms with E-state index in [1.165, 1.54) is 30.2 Å². The Hall–Kier alpha value is -0.540. The Balaban J connectivity index is 2.37. The molecule has 1 aliphatic rings. The average molecular weight is 253 g/mol. The van der Waals surface area contributed by atoms with Crippen LogP contribution >= 0.6 is 11.8 Å². The summed E-state index contributed by atoms with van der Waals surface area (Å²) in [5, 5.41) is 3.38. The Bertz CT molecular complexity index is 399. The molecule has 17 heavy (non-hydrogen) atoms. The zero-order valence-electron chi connectivity index (χ0n) is 10.7. The second-order valence-corrected chi connectivity index (χ2v) is 6.62. The fraction of sp³-hybridized carbons (Fsp3) is 0.571. The van der Waals surface area contributed by atoms with Gasteiger partial charge in [-0.05, 0) is 62.7 Å². The summed E-state index contributed by atoms with van der Waals surface area (Å²) in [5.74, 6) is 1.07. The first kappa shape index (κ1) is 12.9. The summed E-state index contributed by atoms with van der Waals surface area (Å²) < 4.78 is 13.6. The Morgan fingerprint density at radius 2 is 2.24 bits per heavy atom. The molecule has 1 aromatic rings. The molecule has 1 heterocycles. The van der Waals surface area contributed by atoms with Crippen LogP contribution in [0.4, 0.5) is 4.39 Å². The van der Waals surface area contributed by atoms with Gasteiger partial charge < -0.3 is 5.32 Å². The minimum atomic E-state index is -0.141. The molecular weight excluding hydrogens is 233 g/mol. The normalized spacial score (nSPS) is 26.1. The van der Waals surface area contributed by atoms with Crippen molar-refractivity contribution in [2.24, 2.45) is 0 Å². The minimum Gasteiger partial charge on any atom is -0.312 e. The molecule has 1 N–H and O–H groups in total. The van der Waals surface area contributed by atoms with Gasteiger partial charge in [0.05, 0.1) is 0 Å². The lowest BCUT2D eigenvalue weighted by Crippen LogP contribution is -2.36. The molecule has 2 unspecified atom stereocenters. The van der Waals surface area contributed by atoms with Gasteiger partial charge in [-0.1, -0.05) is 6.07 Å². The van der Waals surface area contributed by atoms with Crippen molar-refractivity contribution in [3.05, 3.63) is 35.1 Å². The number of hydrogen-bond acceptors (Lipinski definition) is 2. The molecule has 1 fully saturated rings. The third-order valence-electron chi connectivity index (χ3n) is 3.70. The standard InChI is InChI=1S/C14H20FNS/c1-10-5-6-11(15)9-12(10)13(16-3)14(2)7-4-8-17-14/h5-6,9,13,16H,4,7-8H2,1-3H3. The SMILES string of the molecule is CNC(c1cc(F)ccc1C)C1(C)CCCS1. The molecule has 0 saturated carbocycles. The highest BCUT2D eigenvalue weighted by Gasteiger charge is 2.38. The molecule has 0 spiro atoms. The fourth-order valence-electron chi connectivity index (χ4n) is 2.74. The summed E-state index contributed by atoms with van der Waals surface area (Å²) in [6.45, 7) is 4.35. The van der Waals surface area contributed by atoms with E-state index in [9.17, 15) is 4.39 Å². The molecule has 2 atom stereocenters. The predicted molar refractivity (Wildman–Crippen MR) is 73.0 cm³/mol. The fourth-order valence-corrected chi connectivity index (χ4v) is 4.20. The molecule has 3 heteroatoms. The number of halogens is 1. The van der Waals surface area contributed by atoms with Gasteiger partial charge in [-0.15, -0.1) is 0 Å². The van der Waals surface area contributed by atoms with Crippen LogP contribution in [-0.2, 0) is 0 Å². The highest BCUT2D eigenvalue weighted by molar-refractivity contribution is 8.00. The maximum Gasteiger partial charge on any atom is 0.123 e. The van der Waals surface area contributed by atoms with E-state index in [1.807, 2.05) is 24.9 Å². The van der Waals surface area contributed by atoms with E-state index in [0.29, 0.717) is 0 Å². The Morgan fingerprint density at radius 1 is 1.47 bits per heavy atom. The summed E-state index contributed by atoms with van der Waals surface area (Å²) >= 11 is 2.00. The number of thioether (sulfide) groups is 1. The maximum atomic E-state index is 13.4. The summed E-state index contributed by atoms with van der Waals surface area (Å²) in [5.41, 5.74) is 2.27. The minimum absolute atomic E-state index is 0.141. The zero-order chi connectivity index (χ0) is 12.5. The second kappa shape index (κ2) is 4.99. The molecule has 94 valence electrons. The largest absolute Gasteiger partial charge is 0.312 e. The van der Waals surface area contributed by atoms with Crippen LogP contribution in [-0.4, -0.2) is 17.5 Å². The van der Waals surface area contributed by atoms with Crippen LogP contribution in [0, 0.1) is 12.7 Å². The smallest absolute Gasteiger partial charge is 0.123 e. The van der Waals surface area contributed by atoms with E-state index in [2.05, 4.69) is 19.2 Å². The number of rotatable bonds is 3. The number of nitrogens with one attached hydrogen (secondary N) is 1. The van der Waals surface area contributed by atoms with Gasteiger partial charge in [0.15, 0.2) is 0 Å². The number of aryl methyl sites for hydroxylation is 1. The highest BCUT2D eigenvalue weighted by Crippen LogP contribution is 2.47. The molecule has 0 radical (unpaired) electrons. The van der Waals surface area contributed by atoms with Gasteiger partial charge in [-0.2, -0.15) is 11.8 Å². The van der Waals surface area contributed by atoms with Gasteiger partial charge in [0.1, 0.15) is 5.82 Å². The van der Waals surface area contributed by atoms with Crippen LogP contribution in [0.3, 0.4) is 0 Å². The van der Waals surface area contributed by atoms with Gasteiger partial charge in [0, 0.05) is 10.8 Å². The van der Waals surface area contributed by atoms with Crippen molar-refractivity contribution in [2.45, 2.75) is 37.5 Å². The van der Waals surface area contributed by atoms with E-state index in [0.717, 1.165) is 5.56 Å². The third kappa shape index (κ3) is 2.50. The first-order valence-electron chi connectivity index (χ1n) is 6.14. The Morgan fingerprint density at radius 3 is 2.82 bits per heavy atom. The summed E-state index contributed by atoms with van der Waals surface area (Å²) in [4.78, 5) is 0. The lowest BCUT2D eigenvalue weighted by Gasteiger charge is -2.34. The van der Waals surface area contributed by atoms with Crippen LogP contribution in [0.5, 0.6) is 0 Å². The highest BCUT2D eigenvalue weighted by atomic mass is 32.2. The van der Waals surface area contributed by atoms with Crippen molar-refractivity contribution in [2.75, 3.05) is 12.8 Å². The number of benzene rings is 1. The van der Waals surface area contributed by atoms with Gasteiger partial charge in [-0.3, -0.25) is 0 Å². The van der Waals surface area contributed by atoms with Gasteiger partial charge in [0.2, 0.25) is 0 Å². The molecule has 1 aromatic carbocycles. The molecule has 1 aliphatic heterocycles. The van der Waals surface area contributed by atoms with E-state index in [4.69, 9.17) is 0 Å². The van der Waals surface area contributed by atoms with Crippen molar-refractivity contribution >= 4 is 11.8 Å². The number of hydrogen-bond donors (Lipinski definition) is 1. The third-order valence-corrected chi connectivity index (χ3v) is 5.29. The molecule has 0 amide bonds. The van der Waals surface area contributed by atoms with Crippen LogP contribution in [0.25, 0.3) is 0 Å². The Labute approximate surface area is 107 Å².